The molecule has 0 amide bonds. The molecule has 0 heterocycles. The molecule has 16 heavy (non-hydrogen) atoms. The van der Waals surface area contributed by atoms with E-state index in [4.69, 9.17) is 4.74 Å². The van der Waals surface area contributed by atoms with Gasteiger partial charge in [-0.15, -0.1) is 0 Å². The minimum Gasteiger partial charge on any atom is -0.496 e. The van der Waals surface area contributed by atoms with E-state index in [1.54, 1.807) is 7.11 Å². The number of rotatable bonds is 5. The lowest BCUT2D eigenvalue weighted by Gasteiger charge is -2.24. The van der Waals surface area contributed by atoms with Crippen LogP contribution in [0.5, 0.6) is 5.75 Å². The molecule has 90 valence electrons. The minimum absolute atomic E-state index is 0.202. The number of nitrogens with one attached hydrogen (secondary N) is 1. The highest BCUT2D eigenvalue weighted by atomic mass is 16.5. The van der Waals surface area contributed by atoms with Crippen molar-refractivity contribution in [3.8, 4) is 5.75 Å². The van der Waals surface area contributed by atoms with Crippen molar-refractivity contribution in [1.29, 1.82) is 0 Å². The van der Waals surface area contributed by atoms with Crippen molar-refractivity contribution < 1.29 is 4.74 Å². The van der Waals surface area contributed by atoms with E-state index in [0.717, 1.165) is 18.7 Å². The van der Waals surface area contributed by atoms with Crippen molar-refractivity contribution in [2.75, 3.05) is 7.11 Å². The fraction of sp³-hybridized carbons (Fsp3) is 0.571. The molecule has 0 radical (unpaired) electrons. The third-order valence-electron chi connectivity index (χ3n) is 3.11. The number of methoxy groups -OCH3 is 1. The monoisotopic (exact) mass is 221 g/mol. The summed E-state index contributed by atoms with van der Waals surface area (Å²) in [7, 11) is 1.71. The Morgan fingerprint density at radius 1 is 1.31 bits per heavy atom. The third-order valence-corrected chi connectivity index (χ3v) is 3.11. The van der Waals surface area contributed by atoms with Crippen LogP contribution in [0.15, 0.2) is 18.2 Å². The second kappa shape index (κ2) is 5.35. The van der Waals surface area contributed by atoms with Crippen molar-refractivity contribution in [1.82, 2.24) is 5.32 Å². The Balaban J connectivity index is 2.65. The van der Waals surface area contributed by atoms with Gasteiger partial charge < -0.3 is 10.1 Å². The molecule has 0 saturated carbocycles. The van der Waals surface area contributed by atoms with Gasteiger partial charge in [0.25, 0.3) is 0 Å². The SMILES string of the molecule is CCC(C)(C)NCc1ccc(OC)c(C)c1. The molecule has 1 aromatic carbocycles. The topological polar surface area (TPSA) is 21.3 Å². The quantitative estimate of drug-likeness (QED) is 0.824. The Hall–Kier alpha value is -1.02. The second-order valence-electron chi connectivity index (χ2n) is 4.89. The van der Waals surface area contributed by atoms with Crippen LogP contribution in [0.25, 0.3) is 0 Å². The number of hydrogen-bond donors (Lipinski definition) is 1. The largest absolute Gasteiger partial charge is 0.496 e. The van der Waals surface area contributed by atoms with Crippen LogP contribution in [0.4, 0.5) is 0 Å². The van der Waals surface area contributed by atoms with Crippen LogP contribution in [0, 0.1) is 6.92 Å². The summed E-state index contributed by atoms with van der Waals surface area (Å²) in [4.78, 5) is 0. The summed E-state index contributed by atoms with van der Waals surface area (Å²) in [5.74, 6) is 0.957. The summed E-state index contributed by atoms with van der Waals surface area (Å²) >= 11 is 0. The zero-order chi connectivity index (χ0) is 12.2. The molecular weight excluding hydrogens is 198 g/mol. The zero-order valence-electron chi connectivity index (χ0n) is 11.1. The molecule has 0 atom stereocenters. The molecule has 0 aromatic heterocycles. The maximum Gasteiger partial charge on any atom is 0.121 e. The molecule has 1 aromatic rings. The molecular formula is C14H23NO. The Bertz CT molecular complexity index is 345. The van der Waals surface area contributed by atoms with Gasteiger partial charge in [0.15, 0.2) is 0 Å². The summed E-state index contributed by atoms with van der Waals surface area (Å²) in [6, 6.07) is 6.33. The van der Waals surface area contributed by atoms with Gasteiger partial charge in [0.2, 0.25) is 0 Å². The van der Waals surface area contributed by atoms with Crippen LogP contribution in [0.1, 0.15) is 38.3 Å². The lowest BCUT2D eigenvalue weighted by atomic mass is 10.0. The molecule has 0 saturated heterocycles. The molecule has 2 heteroatoms. The van der Waals surface area contributed by atoms with E-state index in [0.29, 0.717) is 0 Å². The normalized spacial score (nSPS) is 11.6. The van der Waals surface area contributed by atoms with Gasteiger partial charge in [-0.25, -0.2) is 0 Å². The van der Waals surface area contributed by atoms with E-state index >= 15 is 0 Å². The highest BCUT2D eigenvalue weighted by Crippen LogP contribution is 2.19. The predicted octanol–water partition coefficient (Wildman–Crippen LogP) is 3.28. The minimum atomic E-state index is 0.202. The maximum atomic E-state index is 5.25. The molecule has 0 fully saturated rings. The highest BCUT2D eigenvalue weighted by molar-refractivity contribution is 5.36. The van der Waals surface area contributed by atoms with E-state index in [1.807, 2.05) is 6.07 Å². The van der Waals surface area contributed by atoms with E-state index in [1.165, 1.54) is 11.1 Å². The van der Waals surface area contributed by atoms with Crippen LogP contribution >= 0.6 is 0 Å². The molecule has 0 aliphatic carbocycles. The van der Waals surface area contributed by atoms with E-state index in [2.05, 4.69) is 45.1 Å². The molecule has 0 spiro atoms. The van der Waals surface area contributed by atoms with Crippen molar-refractivity contribution in [2.24, 2.45) is 0 Å². The smallest absolute Gasteiger partial charge is 0.121 e. The van der Waals surface area contributed by atoms with E-state index in [9.17, 15) is 0 Å². The maximum absolute atomic E-state index is 5.25. The number of benzene rings is 1. The Morgan fingerprint density at radius 2 is 2.00 bits per heavy atom. The Labute approximate surface area is 99.0 Å². The van der Waals surface area contributed by atoms with Crippen LogP contribution in [0.3, 0.4) is 0 Å². The first kappa shape index (κ1) is 13.0. The summed E-state index contributed by atoms with van der Waals surface area (Å²) < 4.78 is 5.25. The van der Waals surface area contributed by atoms with Crippen molar-refractivity contribution in [2.45, 2.75) is 46.2 Å². The van der Waals surface area contributed by atoms with Crippen molar-refractivity contribution >= 4 is 0 Å². The molecule has 0 unspecified atom stereocenters. The van der Waals surface area contributed by atoms with E-state index < -0.39 is 0 Å². The highest BCUT2D eigenvalue weighted by Gasteiger charge is 2.13. The Kier molecular flexibility index (Phi) is 4.36. The summed E-state index contributed by atoms with van der Waals surface area (Å²) in [5.41, 5.74) is 2.70. The standard InChI is InChI=1S/C14H23NO/c1-6-14(3,4)15-10-12-7-8-13(16-5)11(2)9-12/h7-9,15H,6,10H2,1-5H3. The lowest BCUT2D eigenvalue weighted by molar-refractivity contribution is 0.374. The first-order valence-corrected chi connectivity index (χ1v) is 5.87. The summed E-state index contributed by atoms with van der Waals surface area (Å²) in [6.45, 7) is 9.64. The lowest BCUT2D eigenvalue weighted by Crippen LogP contribution is -2.37. The summed E-state index contributed by atoms with van der Waals surface area (Å²) in [6.07, 6.45) is 1.13. The average Bonchev–Trinajstić information content (AvgIpc) is 2.27. The van der Waals surface area contributed by atoms with Gasteiger partial charge in [0.05, 0.1) is 7.11 Å². The van der Waals surface area contributed by atoms with Gasteiger partial charge in [-0.05, 0) is 44.4 Å². The van der Waals surface area contributed by atoms with Crippen LogP contribution in [-0.4, -0.2) is 12.6 Å². The van der Waals surface area contributed by atoms with Gasteiger partial charge >= 0.3 is 0 Å². The Morgan fingerprint density at radius 3 is 2.50 bits per heavy atom. The third kappa shape index (κ3) is 3.53. The van der Waals surface area contributed by atoms with Gasteiger partial charge in [-0.3, -0.25) is 0 Å². The molecule has 0 aliphatic rings. The fourth-order valence-corrected chi connectivity index (χ4v) is 1.52. The van der Waals surface area contributed by atoms with Gasteiger partial charge in [0, 0.05) is 12.1 Å². The average molecular weight is 221 g/mol. The molecule has 1 N–H and O–H groups in total. The molecule has 2 nitrogen and oxygen atoms in total. The van der Waals surface area contributed by atoms with Crippen LogP contribution in [-0.2, 0) is 6.54 Å². The van der Waals surface area contributed by atoms with Gasteiger partial charge in [-0.2, -0.15) is 0 Å². The van der Waals surface area contributed by atoms with Crippen LogP contribution in [0.2, 0.25) is 0 Å². The zero-order valence-corrected chi connectivity index (χ0v) is 11.1. The fourth-order valence-electron chi connectivity index (χ4n) is 1.52. The first-order chi connectivity index (χ1) is 7.48. The number of ether oxygens (including phenoxy) is 1. The molecule has 1 rings (SSSR count). The van der Waals surface area contributed by atoms with E-state index in [-0.39, 0.29) is 5.54 Å². The van der Waals surface area contributed by atoms with Crippen molar-refractivity contribution in [3.05, 3.63) is 29.3 Å². The van der Waals surface area contributed by atoms with Gasteiger partial charge in [0.1, 0.15) is 5.75 Å². The predicted molar refractivity (Wildman–Crippen MR) is 68.9 cm³/mol. The van der Waals surface area contributed by atoms with Gasteiger partial charge in [-0.1, -0.05) is 19.1 Å². The molecule has 0 bridgehead atoms. The molecule has 0 aliphatic heterocycles. The first-order valence-electron chi connectivity index (χ1n) is 5.87. The summed E-state index contributed by atoms with van der Waals surface area (Å²) in [5, 5.41) is 3.55. The number of hydrogen-bond acceptors (Lipinski definition) is 2. The van der Waals surface area contributed by atoms with Crippen LogP contribution < -0.4 is 10.1 Å². The van der Waals surface area contributed by atoms with Crippen molar-refractivity contribution in [3.63, 3.8) is 0 Å². The second-order valence-corrected chi connectivity index (χ2v) is 4.89. The number of aryl methyl sites for hydroxylation is 1.